The van der Waals surface area contributed by atoms with E-state index < -0.39 is 0 Å². The number of carbonyl (C=O) groups is 1. The molecule has 0 aromatic carbocycles. The minimum absolute atomic E-state index is 0.149. The second-order valence-electron chi connectivity index (χ2n) is 4.13. The molecule has 0 atom stereocenters. The number of rotatable bonds is 7. The van der Waals surface area contributed by atoms with Crippen LogP contribution in [0.3, 0.4) is 0 Å². The molecule has 1 amide bonds. The van der Waals surface area contributed by atoms with Gasteiger partial charge in [0.05, 0.1) is 0 Å². The summed E-state index contributed by atoms with van der Waals surface area (Å²) in [6.07, 6.45) is 3.19. The molecule has 0 aromatic heterocycles. The lowest BCUT2D eigenvalue weighted by Crippen LogP contribution is -2.34. The van der Waals surface area contributed by atoms with Gasteiger partial charge in [0, 0.05) is 32.1 Å². The van der Waals surface area contributed by atoms with E-state index in [1.807, 2.05) is 19.0 Å². The maximum Gasteiger partial charge on any atom is 0.221 e. The molecule has 1 aliphatic carbocycles. The summed E-state index contributed by atoms with van der Waals surface area (Å²) in [5, 5.41) is 6.24. The average Bonchev–Trinajstić information content (AvgIpc) is 2.92. The number of carbonyl (C=O) groups excluding carboxylic acids is 1. The van der Waals surface area contributed by atoms with Crippen LogP contribution in [0.25, 0.3) is 0 Å². The molecule has 2 N–H and O–H groups in total. The van der Waals surface area contributed by atoms with Crippen molar-refractivity contribution in [1.82, 2.24) is 15.5 Å². The van der Waals surface area contributed by atoms with Crippen molar-refractivity contribution in [3.05, 3.63) is 0 Å². The monoisotopic (exact) mass is 199 g/mol. The molecule has 1 rings (SSSR count). The van der Waals surface area contributed by atoms with Gasteiger partial charge in [0.1, 0.15) is 0 Å². The van der Waals surface area contributed by atoms with E-state index in [2.05, 4.69) is 10.6 Å². The lowest BCUT2D eigenvalue weighted by molar-refractivity contribution is -0.121. The molecule has 1 aliphatic rings. The average molecular weight is 199 g/mol. The van der Waals surface area contributed by atoms with Gasteiger partial charge in [0.25, 0.3) is 0 Å². The summed E-state index contributed by atoms with van der Waals surface area (Å²) < 4.78 is 0. The second kappa shape index (κ2) is 5.98. The van der Waals surface area contributed by atoms with E-state index in [4.69, 9.17) is 0 Å². The Kier molecular flexibility index (Phi) is 4.90. The van der Waals surface area contributed by atoms with Crippen LogP contribution in [0, 0.1) is 0 Å². The predicted molar refractivity (Wildman–Crippen MR) is 57.2 cm³/mol. The van der Waals surface area contributed by atoms with Gasteiger partial charge in [-0.05, 0) is 26.9 Å². The molecule has 0 aromatic rings. The van der Waals surface area contributed by atoms with Crippen LogP contribution in [-0.4, -0.2) is 50.6 Å². The fourth-order valence-corrected chi connectivity index (χ4v) is 1.18. The van der Waals surface area contributed by atoms with Gasteiger partial charge in [-0.3, -0.25) is 4.79 Å². The molecular formula is C10H21N3O. The highest BCUT2D eigenvalue weighted by atomic mass is 16.1. The van der Waals surface area contributed by atoms with Gasteiger partial charge in [0.15, 0.2) is 0 Å². The van der Waals surface area contributed by atoms with Crippen molar-refractivity contribution < 1.29 is 4.79 Å². The van der Waals surface area contributed by atoms with Crippen LogP contribution >= 0.6 is 0 Å². The predicted octanol–water partition coefficient (Wildman–Crippen LogP) is -0.194. The smallest absolute Gasteiger partial charge is 0.221 e. The summed E-state index contributed by atoms with van der Waals surface area (Å²) in [6.45, 7) is 2.48. The quantitative estimate of drug-likeness (QED) is 0.558. The van der Waals surface area contributed by atoms with Gasteiger partial charge in [-0.2, -0.15) is 0 Å². The Morgan fingerprint density at radius 2 is 2.07 bits per heavy atom. The second-order valence-corrected chi connectivity index (χ2v) is 4.13. The van der Waals surface area contributed by atoms with Gasteiger partial charge < -0.3 is 15.5 Å². The van der Waals surface area contributed by atoms with Crippen LogP contribution in [0.15, 0.2) is 0 Å². The molecule has 4 heteroatoms. The minimum Gasteiger partial charge on any atom is -0.355 e. The lowest BCUT2D eigenvalue weighted by atomic mass is 10.4. The van der Waals surface area contributed by atoms with Gasteiger partial charge in [0.2, 0.25) is 5.91 Å². The van der Waals surface area contributed by atoms with Crippen LogP contribution < -0.4 is 10.6 Å². The zero-order valence-corrected chi connectivity index (χ0v) is 9.18. The van der Waals surface area contributed by atoms with Crippen LogP contribution in [0.2, 0.25) is 0 Å². The first kappa shape index (κ1) is 11.5. The number of hydrogen-bond donors (Lipinski definition) is 2. The van der Waals surface area contributed by atoms with Crippen LogP contribution in [-0.2, 0) is 4.79 Å². The van der Waals surface area contributed by atoms with Crippen molar-refractivity contribution in [2.45, 2.75) is 25.3 Å². The van der Waals surface area contributed by atoms with E-state index in [0.717, 1.165) is 25.7 Å². The molecule has 0 spiro atoms. The fraction of sp³-hybridized carbons (Fsp3) is 0.900. The Labute approximate surface area is 86.0 Å². The van der Waals surface area contributed by atoms with Gasteiger partial charge in [-0.15, -0.1) is 0 Å². The first-order valence-corrected chi connectivity index (χ1v) is 5.33. The molecule has 0 radical (unpaired) electrons. The summed E-state index contributed by atoms with van der Waals surface area (Å²) in [6, 6.07) is 0.730. The standard InChI is InChI=1S/C10H21N3O/c1-13(2)8-5-10(14)12-7-6-11-9-3-4-9/h9,11H,3-8H2,1-2H3,(H,12,14). The first-order chi connectivity index (χ1) is 6.68. The molecule has 0 aliphatic heterocycles. The molecule has 82 valence electrons. The summed E-state index contributed by atoms with van der Waals surface area (Å²) in [5.41, 5.74) is 0. The van der Waals surface area contributed by atoms with Crippen molar-refractivity contribution in [3.8, 4) is 0 Å². The lowest BCUT2D eigenvalue weighted by Gasteiger charge is -2.09. The third kappa shape index (κ3) is 5.94. The number of hydrogen-bond acceptors (Lipinski definition) is 3. The van der Waals surface area contributed by atoms with Crippen molar-refractivity contribution in [1.29, 1.82) is 0 Å². The molecule has 14 heavy (non-hydrogen) atoms. The molecule has 4 nitrogen and oxygen atoms in total. The number of nitrogens with one attached hydrogen (secondary N) is 2. The van der Waals surface area contributed by atoms with E-state index in [-0.39, 0.29) is 5.91 Å². The molecule has 0 unspecified atom stereocenters. The van der Waals surface area contributed by atoms with Crippen LogP contribution in [0.4, 0.5) is 0 Å². The van der Waals surface area contributed by atoms with Crippen molar-refractivity contribution >= 4 is 5.91 Å². The SMILES string of the molecule is CN(C)CCC(=O)NCCNC1CC1. The third-order valence-electron chi connectivity index (χ3n) is 2.24. The molecular weight excluding hydrogens is 178 g/mol. The summed E-state index contributed by atoms with van der Waals surface area (Å²) >= 11 is 0. The molecule has 1 saturated carbocycles. The Balaban J connectivity index is 1.86. The highest BCUT2D eigenvalue weighted by Crippen LogP contribution is 2.17. The molecule has 0 heterocycles. The van der Waals surface area contributed by atoms with Gasteiger partial charge in [-0.25, -0.2) is 0 Å². The zero-order chi connectivity index (χ0) is 10.4. The normalized spacial score (nSPS) is 15.9. The molecule has 1 fully saturated rings. The minimum atomic E-state index is 0.149. The Hall–Kier alpha value is -0.610. The Morgan fingerprint density at radius 1 is 1.36 bits per heavy atom. The van der Waals surface area contributed by atoms with Crippen LogP contribution in [0.5, 0.6) is 0 Å². The summed E-state index contributed by atoms with van der Waals surface area (Å²) in [4.78, 5) is 13.3. The number of amides is 1. The van der Waals surface area contributed by atoms with E-state index >= 15 is 0 Å². The van der Waals surface area contributed by atoms with E-state index in [9.17, 15) is 4.79 Å². The van der Waals surface area contributed by atoms with Crippen molar-refractivity contribution in [3.63, 3.8) is 0 Å². The summed E-state index contributed by atoms with van der Waals surface area (Å²) in [5.74, 6) is 0.149. The third-order valence-corrected chi connectivity index (χ3v) is 2.24. The van der Waals surface area contributed by atoms with E-state index in [1.165, 1.54) is 12.8 Å². The highest BCUT2D eigenvalue weighted by molar-refractivity contribution is 5.76. The van der Waals surface area contributed by atoms with Gasteiger partial charge in [-0.1, -0.05) is 0 Å². The number of nitrogens with zero attached hydrogens (tertiary/aromatic N) is 1. The molecule has 0 bridgehead atoms. The largest absolute Gasteiger partial charge is 0.355 e. The van der Waals surface area contributed by atoms with Crippen LogP contribution in [0.1, 0.15) is 19.3 Å². The maximum atomic E-state index is 11.2. The fourth-order valence-electron chi connectivity index (χ4n) is 1.18. The van der Waals surface area contributed by atoms with E-state index in [1.54, 1.807) is 0 Å². The zero-order valence-electron chi connectivity index (χ0n) is 9.18. The topological polar surface area (TPSA) is 44.4 Å². The summed E-state index contributed by atoms with van der Waals surface area (Å²) in [7, 11) is 3.95. The van der Waals surface area contributed by atoms with Crippen molar-refractivity contribution in [2.24, 2.45) is 0 Å². The van der Waals surface area contributed by atoms with Gasteiger partial charge >= 0.3 is 0 Å². The van der Waals surface area contributed by atoms with Crippen molar-refractivity contribution in [2.75, 3.05) is 33.7 Å². The Morgan fingerprint density at radius 3 is 2.64 bits per heavy atom. The Bertz CT molecular complexity index is 178. The maximum absolute atomic E-state index is 11.2. The molecule has 0 saturated heterocycles. The first-order valence-electron chi connectivity index (χ1n) is 5.33. The van der Waals surface area contributed by atoms with E-state index in [0.29, 0.717) is 6.42 Å². The highest BCUT2D eigenvalue weighted by Gasteiger charge is 2.19.